The second kappa shape index (κ2) is 6.91. The number of aryl methyl sites for hydroxylation is 1. The number of amides is 1. The van der Waals surface area contributed by atoms with Crippen LogP contribution in [0, 0.1) is 6.92 Å². The van der Waals surface area contributed by atoms with E-state index in [1.807, 2.05) is 55.6 Å². The number of aliphatic hydroxyl groups is 1. The lowest BCUT2D eigenvalue weighted by Crippen LogP contribution is -2.38. The molecule has 5 nitrogen and oxygen atoms in total. The summed E-state index contributed by atoms with van der Waals surface area (Å²) in [6.45, 7) is 3.80. The van der Waals surface area contributed by atoms with Gasteiger partial charge in [-0.25, -0.2) is 4.68 Å². The van der Waals surface area contributed by atoms with Crippen LogP contribution in [-0.2, 0) is 5.60 Å². The standard InChI is InChI=1S/C20H21N3O2/c1-15-12-22-23(13-15)18-10-8-16(9-11-18)19(24)21-14-20(2,25)17-6-4-3-5-7-17/h3-13,25H,14H2,1-2H3,(H,21,24). The van der Waals surface area contributed by atoms with Crippen LogP contribution in [0.5, 0.6) is 0 Å². The predicted molar refractivity (Wildman–Crippen MR) is 96.6 cm³/mol. The molecule has 128 valence electrons. The van der Waals surface area contributed by atoms with Gasteiger partial charge in [0.25, 0.3) is 5.91 Å². The molecule has 0 spiro atoms. The summed E-state index contributed by atoms with van der Waals surface area (Å²) in [6.07, 6.45) is 3.71. The van der Waals surface area contributed by atoms with Crippen molar-refractivity contribution >= 4 is 5.91 Å². The minimum absolute atomic E-state index is 0.135. The van der Waals surface area contributed by atoms with Gasteiger partial charge in [0.15, 0.2) is 0 Å². The van der Waals surface area contributed by atoms with Crippen molar-refractivity contribution in [2.75, 3.05) is 6.54 Å². The lowest BCUT2D eigenvalue weighted by Gasteiger charge is -2.24. The summed E-state index contributed by atoms with van der Waals surface area (Å²) in [7, 11) is 0. The molecular formula is C20H21N3O2. The quantitative estimate of drug-likeness (QED) is 0.753. The predicted octanol–water partition coefficient (Wildman–Crippen LogP) is 2.82. The van der Waals surface area contributed by atoms with Crippen molar-refractivity contribution in [3.63, 3.8) is 0 Å². The molecule has 1 unspecified atom stereocenters. The first-order valence-corrected chi connectivity index (χ1v) is 8.13. The summed E-state index contributed by atoms with van der Waals surface area (Å²) >= 11 is 0. The van der Waals surface area contributed by atoms with E-state index >= 15 is 0 Å². The van der Waals surface area contributed by atoms with Gasteiger partial charge in [0.2, 0.25) is 0 Å². The summed E-state index contributed by atoms with van der Waals surface area (Å²) in [5, 5.41) is 17.6. The molecule has 1 atom stereocenters. The number of benzene rings is 2. The van der Waals surface area contributed by atoms with Gasteiger partial charge < -0.3 is 10.4 Å². The van der Waals surface area contributed by atoms with Crippen LogP contribution in [0.15, 0.2) is 67.0 Å². The van der Waals surface area contributed by atoms with E-state index in [2.05, 4.69) is 10.4 Å². The largest absolute Gasteiger partial charge is 0.384 e. The molecule has 1 amide bonds. The summed E-state index contributed by atoms with van der Waals surface area (Å²) in [5.41, 5.74) is 2.14. The molecule has 3 rings (SSSR count). The maximum atomic E-state index is 12.3. The van der Waals surface area contributed by atoms with Crippen molar-refractivity contribution in [1.29, 1.82) is 0 Å². The Hall–Kier alpha value is -2.92. The Kier molecular flexibility index (Phi) is 4.67. The molecular weight excluding hydrogens is 314 g/mol. The van der Waals surface area contributed by atoms with Gasteiger partial charge in [-0.1, -0.05) is 30.3 Å². The zero-order chi connectivity index (χ0) is 17.9. The molecule has 0 saturated heterocycles. The highest BCUT2D eigenvalue weighted by molar-refractivity contribution is 5.94. The number of nitrogens with one attached hydrogen (secondary N) is 1. The zero-order valence-electron chi connectivity index (χ0n) is 14.3. The molecule has 25 heavy (non-hydrogen) atoms. The van der Waals surface area contributed by atoms with Gasteiger partial charge in [0.05, 0.1) is 18.4 Å². The summed E-state index contributed by atoms with van der Waals surface area (Å²) in [6, 6.07) is 16.5. The Labute approximate surface area is 146 Å². The summed E-state index contributed by atoms with van der Waals surface area (Å²) in [4.78, 5) is 12.3. The molecule has 0 bridgehead atoms. The maximum Gasteiger partial charge on any atom is 0.251 e. The highest BCUT2D eigenvalue weighted by Gasteiger charge is 2.23. The Morgan fingerprint density at radius 2 is 1.84 bits per heavy atom. The number of carbonyl (C=O) groups excluding carboxylic acids is 1. The van der Waals surface area contributed by atoms with E-state index in [1.165, 1.54) is 0 Å². The third-order valence-corrected chi connectivity index (χ3v) is 4.09. The number of rotatable bonds is 5. The SMILES string of the molecule is Cc1cnn(-c2ccc(C(=O)NCC(C)(O)c3ccccc3)cc2)c1. The monoisotopic (exact) mass is 335 g/mol. The third-order valence-electron chi connectivity index (χ3n) is 4.09. The molecule has 1 aromatic heterocycles. The Bertz CT molecular complexity index is 852. The molecule has 2 N–H and O–H groups in total. The van der Waals surface area contributed by atoms with E-state index in [1.54, 1.807) is 29.9 Å². The van der Waals surface area contributed by atoms with E-state index in [0.29, 0.717) is 5.56 Å². The maximum absolute atomic E-state index is 12.3. The van der Waals surface area contributed by atoms with Crippen molar-refractivity contribution in [2.24, 2.45) is 0 Å². The average molecular weight is 335 g/mol. The molecule has 0 aliphatic heterocycles. The molecule has 0 aliphatic carbocycles. The Morgan fingerprint density at radius 1 is 1.16 bits per heavy atom. The molecule has 0 aliphatic rings. The average Bonchev–Trinajstić information content (AvgIpc) is 3.07. The molecule has 1 heterocycles. The van der Waals surface area contributed by atoms with E-state index in [4.69, 9.17) is 0 Å². The van der Waals surface area contributed by atoms with E-state index in [-0.39, 0.29) is 12.5 Å². The van der Waals surface area contributed by atoms with Gasteiger partial charge in [-0.2, -0.15) is 5.10 Å². The second-order valence-electron chi connectivity index (χ2n) is 6.33. The molecule has 3 aromatic rings. The molecule has 0 fully saturated rings. The number of carbonyl (C=O) groups is 1. The fourth-order valence-electron chi connectivity index (χ4n) is 2.57. The van der Waals surface area contributed by atoms with E-state index < -0.39 is 5.60 Å². The smallest absolute Gasteiger partial charge is 0.251 e. The molecule has 5 heteroatoms. The van der Waals surface area contributed by atoms with Crippen LogP contribution in [0.4, 0.5) is 0 Å². The van der Waals surface area contributed by atoms with Crippen LogP contribution in [0.1, 0.15) is 28.4 Å². The van der Waals surface area contributed by atoms with Crippen LogP contribution in [0.25, 0.3) is 5.69 Å². The molecule has 2 aromatic carbocycles. The van der Waals surface area contributed by atoms with Gasteiger partial charge in [0, 0.05) is 11.8 Å². The van der Waals surface area contributed by atoms with Crippen molar-refractivity contribution in [3.05, 3.63) is 83.7 Å². The third kappa shape index (κ3) is 3.95. The number of hydrogen-bond donors (Lipinski definition) is 2. The lowest BCUT2D eigenvalue weighted by atomic mass is 9.96. The van der Waals surface area contributed by atoms with Crippen molar-refractivity contribution in [2.45, 2.75) is 19.4 Å². The van der Waals surface area contributed by atoms with Crippen molar-refractivity contribution in [3.8, 4) is 5.69 Å². The van der Waals surface area contributed by atoms with Crippen molar-refractivity contribution < 1.29 is 9.90 Å². The lowest BCUT2D eigenvalue weighted by molar-refractivity contribution is 0.0526. The number of hydrogen-bond acceptors (Lipinski definition) is 3. The topological polar surface area (TPSA) is 67.2 Å². The number of aromatic nitrogens is 2. The van der Waals surface area contributed by atoms with Gasteiger partial charge >= 0.3 is 0 Å². The van der Waals surface area contributed by atoms with Crippen LogP contribution in [0.2, 0.25) is 0 Å². The van der Waals surface area contributed by atoms with Crippen LogP contribution >= 0.6 is 0 Å². The van der Waals surface area contributed by atoms with E-state index in [9.17, 15) is 9.90 Å². The molecule has 0 radical (unpaired) electrons. The fraction of sp³-hybridized carbons (Fsp3) is 0.200. The summed E-state index contributed by atoms with van der Waals surface area (Å²) in [5.74, 6) is -0.223. The van der Waals surface area contributed by atoms with Gasteiger partial charge in [-0.3, -0.25) is 4.79 Å². The van der Waals surface area contributed by atoms with Crippen LogP contribution in [-0.4, -0.2) is 27.3 Å². The first-order valence-electron chi connectivity index (χ1n) is 8.13. The first-order chi connectivity index (χ1) is 12.0. The minimum atomic E-state index is -1.12. The summed E-state index contributed by atoms with van der Waals surface area (Å²) < 4.78 is 1.76. The minimum Gasteiger partial charge on any atom is -0.384 e. The zero-order valence-corrected chi connectivity index (χ0v) is 14.3. The van der Waals surface area contributed by atoms with Crippen LogP contribution < -0.4 is 5.32 Å². The second-order valence-corrected chi connectivity index (χ2v) is 6.33. The van der Waals surface area contributed by atoms with Crippen LogP contribution in [0.3, 0.4) is 0 Å². The van der Waals surface area contributed by atoms with E-state index in [0.717, 1.165) is 16.8 Å². The first kappa shape index (κ1) is 16.9. The highest BCUT2D eigenvalue weighted by atomic mass is 16.3. The number of nitrogens with zero attached hydrogens (tertiary/aromatic N) is 2. The normalized spacial score (nSPS) is 13.2. The van der Waals surface area contributed by atoms with Gasteiger partial charge in [-0.05, 0) is 49.2 Å². The molecule has 0 saturated carbocycles. The Morgan fingerprint density at radius 3 is 2.44 bits per heavy atom. The van der Waals surface area contributed by atoms with Gasteiger partial charge in [0.1, 0.15) is 5.60 Å². The van der Waals surface area contributed by atoms with Gasteiger partial charge in [-0.15, -0.1) is 0 Å². The fourth-order valence-corrected chi connectivity index (χ4v) is 2.57. The van der Waals surface area contributed by atoms with Crippen molar-refractivity contribution in [1.82, 2.24) is 15.1 Å². The highest BCUT2D eigenvalue weighted by Crippen LogP contribution is 2.19. The Balaban J connectivity index is 1.65.